The van der Waals surface area contributed by atoms with Gasteiger partial charge >= 0.3 is 5.69 Å². The van der Waals surface area contributed by atoms with Crippen LogP contribution in [0.4, 0.5) is 11.5 Å². The van der Waals surface area contributed by atoms with E-state index in [1.807, 2.05) is 48.5 Å². The van der Waals surface area contributed by atoms with Crippen molar-refractivity contribution in [2.75, 3.05) is 19.1 Å². The summed E-state index contributed by atoms with van der Waals surface area (Å²) in [6.45, 7) is 0.758. The van der Waals surface area contributed by atoms with Crippen molar-refractivity contribution in [3.05, 3.63) is 81.3 Å². The second-order valence-electron chi connectivity index (χ2n) is 6.16. The molecule has 1 heterocycles. The Morgan fingerprint density at radius 1 is 0.966 bits per heavy atom. The lowest BCUT2D eigenvalue weighted by molar-refractivity contribution is -0.384. The van der Waals surface area contributed by atoms with Crippen LogP contribution in [-0.4, -0.2) is 29.1 Å². The van der Waals surface area contributed by atoms with E-state index in [1.54, 1.807) is 19.1 Å². The van der Waals surface area contributed by atoms with Crippen LogP contribution in [0, 0.1) is 10.1 Å². The molecule has 3 rings (SSSR count). The minimum absolute atomic E-state index is 0.0555. The topological polar surface area (TPSA) is 90.6 Å². The highest BCUT2D eigenvalue weighted by Crippen LogP contribution is 2.29. The highest BCUT2D eigenvalue weighted by atomic mass is 35.5. The third kappa shape index (κ3) is 5.11. The normalized spacial score (nSPS) is 10.4. The number of benzene rings is 2. The first-order valence-electron chi connectivity index (χ1n) is 8.68. The molecule has 0 amide bonds. The van der Waals surface area contributed by atoms with Gasteiger partial charge < -0.3 is 14.4 Å². The minimum Gasteiger partial charge on any atom is -0.497 e. The fourth-order valence-electron chi connectivity index (χ4n) is 2.82. The van der Waals surface area contributed by atoms with Gasteiger partial charge in [-0.25, -0.2) is 4.98 Å². The maximum Gasteiger partial charge on any atom is 0.329 e. The summed E-state index contributed by atoms with van der Waals surface area (Å²) in [7, 11) is 3.19. The van der Waals surface area contributed by atoms with Gasteiger partial charge in [0.25, 0.3) is 0 Å². The van der Waals surface area contributed by atoms with Gasteiger partial charge in [-0.1, -0.05) is 24.3 Å². The van der Waals surface area contributed by atoms with E-state index < -0.39 is 4.92 Å². The highest BCUT2D eigenvalue weighted by molar-refractivity contribution is 6.28. The van der Waals surface area contributed by atoms with Gasteiger partial charge in [-0.15, -0.1) is 0 Å². The molecule has 0 atom stereocenters. The standard InChI is InChI=1S/C20H19ClN4O4/c1-28-16-7-3-14(4-8-16)12-24(13-15-5-9-17(29-2)10-6-15)19-18(25(26)27)11-22-20(21)23-19/h3-11H,12-13H2,1-2H3. The third-order valence-corrected chi connectivity index (χ3v) is 4.46. The van der Waals surface area contributed by atoms with E-state index in [0.717, 1.165) is 28.8 Å². The molecule has 1 aromatic heterocycles. The summed E-state index contributed by atoms with van der Waals surface area (Å²) in [5.41, 5.74) is 1.66. The Kier molecular flexibility index (Phi) is 6.46. The lowest BCUT2D eigenvalue weighted by Crippen LogP contribution is -2.24. The number of hydrogen-bond donors (Lipinski definition) is 0. The number of anilines is 1. The van der Waals surface area contributed by atoms with Gasteiger partial charge in [0.2, 0.25) is 11.1 Å². The molecule has 0 bridgehead atoms. The Balaban J connectivity index is 1.98. The summed E-state index contributed by atoms with van der Waals surface area (Å²) in [4.78, 5) is 20.7. The first kappa shape index (κ1) is 20.3. The van der Waals surface area contributed by atoms with E-state index >= 15 is 0 Å². The Labute approximate surface area is 172 Å². The molecule has 3 aromatic rings. The number of ether oxygens (including phenoxy) is 2. The zero-order valence-electron chi connectivity index (χ0n) is 15.9. The number of nitrogens with zero attached hydrogens (tertiary/aromatic N) is 4. The fourth-order valence-corrected chi connectivity index (χ4v) is 2.94. The van der Waals surface area contributed by atoms with E-state index in [9.17, 15) is 10.1 Å². The van der Waals surface area contributed by atoms with Crippen LogP contribution in [0.2, 0.25) is 5.28 Å². The SMILES string of the molecule is COc1ccc(CN(Cc2ccc(OC)cc2)c2nc(Cl)ncc2[N+](=O)[O-])cc1. The van der Waals surface area contributed by atoms with Gasteiger partial charge in [-0.2, -0.15) is 4.98 Å². The molecular weight excluding hydrogens is 396 g/mol. The molecule has 0 radical (unpaired) electrons. The minimum atomic E-state index is -0.513. The summed E-state index contributed by atoms with van der Waals surface area (Å²) in [5, 5.41) is 11.5. The average molecular weight is 415 g/mol. The summed E-state index contributed by atoms with van der Waals surface area (Å²) >= 11 is 5.95. The average Bonchev–Trinajstić information content (AvgIpc) is 2.74. The quantitative estimate of drug-likeness (QED) is 0.309. The maximum absolute atomic E-state index is 11.5. The van der Waals surface area contributed by atoms with Gasteiger partial charge in [-0.05, 0) is 47.0 Å². The van der Waals surface area contributed by atoms with Crippen LogP contribution in [0.5, 0.6) is 11.5 Å². The second-order valence-corrected chi connectivity index (χ2v) is 6.50. The molecule has 0 aliphatic carbocycles. The Bertz CT molecular complexity index is 931. The van der Waals surface area contributed by atoms with E-state index in [2.05, 4.69) is 9.97 Å². The van der Waals surface area contributed by atoms with E-state index in [4.69, 9.17) is 21.1 Å². The smallest absolute Gasteiger partial charge is 0.329 e. The first-order valence-corrected chi connectivity index (χ1v) is 9.05. The van der Waals surface area contributed by atoms with Crippen molar-refractivity contribution in [3.63, 3.8) is 0 Å². The fraction of sp³-hybridized carbons (Fsp3) is 0.200. The molecule has 150 valence electrons. The predicted octanol–water partition coefficient (Wildman–Crippen LogP) is 4.26. The third-order valence-electron chi connectivity index (χ3n) is 4.28. The van der Waals surface area contributed by atoms with Crippen molar-refractivity contribution in [1.82, 2.24) is 9.97 Å². The van der Waals surface area contributed by atoms with Crippen molar-refractivity contribution in [3.8, 4) is 11.5 Å². The molecule has 0 saturated heterocycles. The Morgan fingerprint density at radius 2 is 1.45 bits per heavy atom. The van der Waals surface area contributed by atoms with Crippen LogP contribution >= 0.6 is 11.6 Å². The van der Waals surface area contributed by atoms with E-state index in [1.165, 1.54) is 0 Å². The lowest BCUT2D eigenvalue weighted by Gasteiger charge is -2.24. The van der Waals surface area contributed by atoms with E-state index in [0.29, 0.717) is 13.1 Å². The van der Waals surface area contributed by atoms with Crippen molar-refractivity contribution >= 4 is 23.1 Å². The Morgan fingerprint density at radius 3 is 1.86 bits per heavy atom. The maximum atomic E-state index is 11.5. The monoisotopic (exact) mass is 414 g/mol. The molecule has 0 fully saturated rings. The van der Waals surface area contributed by atoms with Crippen molar-refractivity contribution in [1.29, 1.82) is 0 Å². The van der Waals surface area contributed by atoms with Crippen LogP contribution in [0.15, 0.2) is 54.7 Å². The largest absolute Gasteiger partial charge is 0.497 e. The molecule has 0 saturated carbocycles. The number of rotatable bonds is 8. The molecule has 2 aromatic carbocycles. The summed E-state index contributed by atoms with van der Waals surface area (Å²) in [6.07, 6.45) is 1.12. The van der Waals surface area contributed by atoms with Crippen LogP contribution in [-0.2, 0) is 13.1 Å². The van der Waals surface area contributed by atoms with Crippen LogP contribution in [0.25, 0.3) is 0 Å². The molecule has 0 unspecified atom stereocenters. The van der Waals surface area contributed by atoms with Crippen molar-refractivity contribution in [2.24, 2.45) is 0 Å². The first-order chi connectivity index (χ1) is 14.0. The van der Waals surface area contributed by atoms with Crippen LogP contribution < -0.4 is 14.4 Å². The van der Waals surface area contributed by atoms with Gasteiger partial charge in [0.15, 0.2) is 0 Å². The second kappa shape index (κ2) is 9.20. The predicted molar refractivity (Wildman–Crippen MR) is 110 cm³/mol. The van der Waals surface area contributed by atoms with Gasteiger partial charge in [0, 0.05) is 13.1 Å². The number of methoxy groups -OCH3 is 2. The molecular formula is C20H19ClN4O4. The Hall–Kier alpha value is -3.39. The molecule has 8 nitrogen and oxygen atoms in total. The van der Waals surface area contributed by atoms with Crippen molar-refractivity contribution < 1.29 is 14.4 Å². The number of aromatic nitrogens is 2. The van der Waals surface area contributed by atoms with Crippen LogP contribution in [0.3, 0.4) is 0 Å². The molecule has 0 N–H and O–H groups in total. The number of hydrogen-bond acceptors (Lipinski definition) is 7. The summed E-state index contributed by atoms with van der Waals surface area (Å²) < 4.78 is 10.4. The van der Waals surface area contributed by atoms with Crippen LogP contribution in [0.1, 0.15) is 11.1 Å². The lowest BCUT2D eigenvalue weighted by atomic mass is 10.1. The zero-order valence-corrected chi connectivity index (χ0v) is 16.7. The van der Waals surface area contributed by atoms with Gasteiger partial charge in [0.1, 0.15) is 17.7 Å². The highest BCUT2D eigenvalue weighted by Gasteiger charge is 2.23. The molecule has 0 spiro atoms. The zero-order chi connectivity index (χ0) is 20.8. The molecule has 0 aliphatic rings. The van der Waals surface area contributed by atoms with Crippen molar-refractivity contribution in [2.45, 2.75) is 13.1 Å². The van der Waals surface area contributed by atoms with Gasteiger partial charge in [0.05, 0.1) is 19.1 Å². The molecule has 0 aliphatic heterocycles. The summed E-state index contributed by atoms with van der Waals surface area (Å²) in [6, 6.07) is 14.9. The van der Waals surface area contributed by atoms with E-state index in [-0.39, 0.29) is 16.8 Å². The van der Waals surface area contributed by atoms with Gasteiger partial charge in [-0.3, -0.25) is 10.1 Å². The number of halogens is 1. The molecule has 29 heavy (non-hydrogen) atoms. The number of nitro groups is 1. The summed E-state index contributed by atoms with van der Waals surface area (Å²) in [5.74, 6) is 1.61. The molecule has 9 heteroatoms.